The zero-order valence-electron chi connectivity index (χ0n) is 9.92. The Bertz CT molecular complexity index is 811. The van der Waals surface area contributed by atoms with Gasteiger partial charge < -0.3 is 0 Å². The van der Waals surface area contributed by atoms with E-state index in [-0.39, 0.29) is 5.69 Å². The summed E-state index contributed by atoms with van der Waals surface area (Å²) in [5, 5.41) is 4.06. The monoisotopic (exact) mass is 336 g/mol. The van der Waals surface area contributed by atoms with Gasteiger partial charge in [0.1, 0.15) is 0 Å². The number of nitrogens with one attached hydrogen (secondary N) is 1. The molecule has 3 aromatic rings. The minimum absolute atomic E-state index is 0.295. The molecule has 7 heteroatoms. The van der Waals surface area contributed by atoms with Gasteiger partial charge in [-0.15, -0.1) is 11.8 Å². The molecule has 2 heterocycles. The van der Waals surface area contributed by atoms with E-state index in [1.807, 2.05) is 24.5 Å². The lowest BCUT2D eigenvalue weighted by molar-refractivity contribution is 0.840. The molecule has 0 saturated carbocycles. The Balaban J connectivity index is 2.22. The van der Waals surface area contributed by atoms with Gasteiger partial charge in [0.15, 0.2) is 5.65 Å². The molecule has 3 rings (SSSR count). The Hall–Kier alpha value is -1.60. The number of aromatic nitrogens is 4. The molecular weight excluding hydrogens is 328 g/mol. The van der Waals surface area contributed by atoms with Crippen LogP contribution in [0, 0.1) is 0 Å². The molecule has 0 saturated heterocycles. The second kappa shape index (κ2) is 4.82. The van der Waals surface area contributed by atoms with Crippen LogP contribution in [0.15, 0.2) is 44.9 Å². The fourth-order valence-corrected chi connectivity index (χ4v) is 3.18. The van der Waals surface area contributed by atoms with Crippen molar-refractivity contribution < 1.29 is 0 Å². The van der Waals surface area contributed by atoms with Gasteiger partial charge in [0.05, 0.1) is 12.5 Å². The van der Waals surface area contributed by atoms with Crippen LogP contribution in [0.4, 0.5) is 0 Å². The lowest BCUT2D eigenvalue weighted by Gasteiger charge is -2.03. The van der Waals surface area contributed by atoms with Crippen molar-refractivity contribution in [3.8, 4) is 11.1 Å². The number of nitrogens with zero attached hydrogens (tertiary/aromatic N) is 3. The third-order valence-corrected chi connectivity index (χ3v) is 4.49. The highest BCUT2D eigenvalue weighted by atomic mass is 79.9. The molecule has 0 amide bonds. The Labute approximate surface area is 121 Å². The summed E-state index contributed by atoms with van der Waals surface area (Å²) in [6.45, 7) is 0. The predicted octanol–water partition coefficient (Wildman–Crippen LogP) is 2.57. The topological polar surface area (TPSA) is 63.1 Å². The van der Waals surface area contributed by atoms with Gasteiger partial charge in [-0.2, -0.15) is 9.61 Å². The summed E-state index contributed by atoms with van der Waals surface area (Å²) in [5.41, 5.74) is 2.06. The highest BCUT2D eigenvalue weighted by Crippen LogP contribution is 2.31. The number of fused-ring (bicyclic) bond motifs is 1. The molecule has 0 aliphatic heterocycles. The van der Waals surface area contributed by atoms with Crippen LogP contribution in [0.1, 0.15) is 0 Å². The van der Waals surface area contributed by atoms with Crippen LogP contribution in [-0.4, -0.2) is 25.8 Å². The SMILES string of the molecule is CSc1ccc(-c2cnn3c(=O)[nH]cnc23)cc1Br. The molecule has 0 spiro atoms. The van der Waals surface area contributed by atoms with Crippen LogP contribution in [0.2, 0.25) is 0 Å². The van der Waals surface area contributed by atoms with Crippen molar-refractivity contribution in [3.05, 3.63) is 45.7 Å². The Kier molecular flexibility index (Phi) is 3.16. The summed E-state index contributed by atoms with van der Waals surface area (Å²) in [6.07, 6.45) is 5.06. The molecule has 19 heavy (non-hydrogen) atoms. The van der Waals surface area contributed by atoms with Crippen LogP contribution >= 0.6 is 27.7 Å². The molecule has 5 nitrogen and oxygen atoms in total. The van der Waals surface area contributed by atoms with Crippen LogP contribution in [0.5, 0.6) is 0 Å². The maximum atomic E-state index is 11.6. The average Bonchev–Trinajstić information content (AvgIpc) is 2.84. The van der Waals surface area contributed by atoms with E-state index in [4.69, 9.17) is 0 Å². The fraction of sp³-hybridized carbons (Fsp3) is 0.0833. The second-order valence-electron chi connectivity index (χ2n) is 3.85. The van der Waals surface area contributed by atoms with Gasteiger partial charge in [0.25, 0.3) is 0 Å². The van der Waals surface area contributed by atoms with E-state index in [0.717, 1.165) is 20.5 Å². The number of halogens is 1. The van der Waals surface area contributed by atoms with E-state index >= 15 is 0 Å². The lowest BCUT2D eigenvalue weighted by atomic mass is 10.1. The maximum Gasteiger partial charge on any atom is 0.349 e. The molecule has 0 atom stereocenters. The summed E-state index contributed by atoms with van der Waals surface area (Å²) >= 11 is 5.20. The Morgan fingerprint density at radius 3 is 3.00 bits per heavy atom. The predicted molar refractivity (Wildman–Crippen MR) is 78.5 cm³/mol. The quantitative estimate of drug-likeness (QED) is 0.730. The zero-order chi connectivity index (χ0) is 13.4. The summed E-state index contributed by atoms with van der Waals surface area (Å²) in [7, 11) is 0. The number of benzene rings is 1. The summed E-state index contributed by atoms with van der Waals surface area (Å²) in [4.78, 5) is 19.4. The Morgan fingerprint density at radius 2 is 2.26 bits per heavy atom. The van der Waals surface area contributed by atoms with Crippen LogP contribution < -0.4 is 5.69 Å². The van der Waals surface area contributed by atoms with Crippen molar-refractivity contribution >= 4 is 33.3 Å². The van der Waals surface area contributed by atoms with Crippen molar-refractivity contribution in [2.24, 2.45) is 0 Å². The summed E-state index contributed by atoms with van der Waals surface area (Å²) in [5.74, 6) is 0. The van der Waals surface area contributed by atoms with Gasteiger partial charge in [-0.25, -0.2) is 9.78 Å². The third kappa shape index (κ3) is 2.08. The van der Waals surface area contributed by atoms with Gasteiger partial charge in [-0.1, -0.05) is 6.07 Å². The molecule has 0 fully saturated rings. The van der Waals surface area contributed by atoms with Gasteiger partial charge in [-0.05, 0) is 39.9 Å². The number of hydrogen-bond acceptors (Lipinski definition) is 4. The summed E-state index contributed by atoms with van der Waals surface area (Å²) < 4.78 is 2.27. The molecule has 2 aromatic heterocycles. The van der Waals surface area contributed by atoms with Gasteiger partial charge in [-0.3, -0.25) is 4.98 Å². The first kappa shape index (κ1) is 12.4. The average molecular weight is 337 g/mol. The first-order chi connectivity index (χ1) is 9.20. The highest BCUT2D eigenvalue weighted by Gasteiger charge is 2.10. The molecule has 0 bridgehead atoms. The smallest absolute Gasteiger partial charge is 0.296 e. The molecule has 1 N–H and O–H groups in total. The normalized spacial score (nSPS) is 11.1. The molecule has 96 valence electrons. The molecule has 0 aliphatic rings. The van der Waals surface area contributed by atoms with Crippen LogP contribution in [-0.2, 0) is 0 Å². The molecular formula is C12H9BrN4OS. The van der Waals surface area contributed by atoms with E-state index in [0.29, 0.717) is 5.65 Å². The number of thioether (sulfide) groups is 1. The number of hydrogen-bond donors (Lipinski definition) is 1. The van der Waals surface area contributed by atoms with Crippen molar-refractivity contribution in [2.45, 2.75) is 4.90 Å². The van der Waals surface area contributed by atoms with E-state index < -0.39 is 0 Å². The molecule has 1 aromatic carbocycles. The van der Waals surface area contributed by atoms with Crippen LogP contribution in [0.3, 0.4) is 0 Å². The number of rotatable bonds is 2. The van der Waals surface area contributed by atoms with Crippen molar-refractivity contribution in [2.75, 3.05) is 6.26 Å². The molecule has 0 unspecified atom stereocenters. The van der Waals surface area contributed by atoms with Crippen molar-refractivity contribution in [1.29, 1.82) is 0 Å². The standard InChI is InChI=1S/C12H9BrN4OS/c1-19-10-3-2-7(4-9(10)13)8-5-16-17-11(8)14-6-15-12(17)18/h2-6H,1H3,(H,14,15,18). The first-order valence-electron chi connectivity index (χ1n) is 5.46. The lowest BCUT2D eigenvalue weighted by Crippen LogP contribution is -2.17. The minimum atomic E-state index is -0.295. The minimum Gasteiger partial charge on any atom is -0.296 e. The zero-order valence-corrected chi connectivity index (χ0v) is 12.3. The van der Waals surface area contributed by atoms with E-state index in [1.54, 1.807) is 18.0 Å². The second-order valence-corrected chi connectivity index (χ2v) is 5.55. The highest BCUT2D eigenvalue weighted by molar-refractivity contribution is 9.10. The van der Waals surface area contributed by atoms with Crippen molar-refractivity contribution in [3.63, 3.8) is 0 Å². The van der Waals surface area contributed by atoms with Gasteiger partial charge in [0.2, 0.25) is 0 Å². The van der Waals surface area contributed by atoms with E-state index in [1.165, 1.54) is 10.8 Å². The van der Waals surface area contributed by atoms with Crippen molar-refractivity contribution in [1.82, 2.24) is 19.6 Å². The van der Waals surface area contributed by atoms with E-state index in [2.05, 4.69) is 31.0 Å². The van der Waals surface area contributed by atoms with E-state index in [9.17, 15) is 4.79 Å². The first-order valence-corrected chi connectivity index (χ1v) is 7.48. The number of aromatic amines is 1. The summed E-state index contributed by atoms with van der Waals surface area (Å²) in [6, 6.07) is 6.03. The van der Waals surface area contributed by atoms with Crippen LogP contribution in [0.25, 0.3) is 16.8 Å². The molecule has 0 aliphatic carbocycles. The number of H-pyrrole nitrogens is 1. The largest absolute Gasteiger partial charge is 0.349 e. The third-order valence-electron chi connectivity index (χ3n) is 2.77. The fourth-order valence-electron chi connectivity index (χ4n) is 1.86. The van der Waals surface area contributed by atoms with Gasteiger partial charge in [0, 0.05) is 14.9 Å². The maximum absolute atomic E-state index is 11.6. The Morgan fingerprint density at radius 1 is 1.42 bits per heavy atom. The molecule has 0 radical (unpaired) electrons. The van der Waals surface area contributed by atoms with Gasteiger partial charge >= 0.3 is 5.69 Å².